The number of rotatable bonds is 9. The molecule has 0 N–H and O–H groups in total. The Hall–Kier alpha value is -6.12. The molecule has 54 heavy (non-hydrogen) atoms. The summed E-state index contributed by atoms with van der Waals surface area (Å²) in [6.07, 6.45) is 20.7. The van der Waals surface area contributed by atoms with Gasteiger partial charge in [0.05, 0.1) is 11.4 Å². The first-order chi connectivity index (χ1) is 26.3. The Morgan fingerprint density at radius 2 is 1.52 bits per heavy atom. The summed E-state index contributed by atoms with van der Waals surface area (Å²) in [7, 11) is 2.24. The van der Waals surface area contributed by atoms with Gasteiger partial charge in [0.2, 0.25) is 0 Å². The van der Waals surface area contributed by atoms with Crippen LogP contribution in [0.15, 0.2) is 182 Å². The molecule has 0 spiro atoms. The summed E-state index contributed by atoms with van der Waals surface area (Å²) < 4.78 is 0. The van der Waals surface area contributed by atoms with Gasteiger partial charge in [0.25, 0.3) is 0 Å². The lowest BCUT2D eigenvalue weighted by atomic mass is 9.81. The minimum Gasteiger partial charge on any atom is -0.348 e. The molecule has 8 rings (SSSR count). The van der Waals surface area contributed by atoms with Crippen LogP contribution in [0.3, 0.4) is 0 Å². The van der Waals surface area contributed by atoms with Crippen LogP contribution in [0.4, 0.5) is 17.1 Å². The van der Waals surface area contributed by atoms with Crippen LogP contribution in [0.2, 0.25) is 0 Å². The monoisotopic (exact) mass is 700 g/mol. The number of fused-ring (bicyclic) bond motifs is 3. The molecular formula is C52H48N2. The first kappa shape index (κ1) is 34.9. The zero-order valence-corrected chi connectivity index (χ0v) is 31.9. The predicted octanol–water partition coefficient (Wildman–Crippen LogP) is 14.0. The molecule has 1 heterocycles. The number of para-hydroxylation sites is 1. The lowest BCUT2D eigenvalue weighted by Gasteiger charge is -2.29. The van der Waals surface area contributed by atoms with Crippen molar-refractivity contribution in [2.24, 2.45) is 0 Å². The molecule has 5 aromatic rings. The van der Waals surface area contributed by atoms with Crippen LogP contribution in [0.25, 0.3) is 33.9 Å². The van der Waals surface area contributed by atoms with E-state index in [0.29, 0.717) is 0 Å². The quantitative estimate of drug-likeness (QED) is 0.141. The number of hydrogen-bond acceptors (Lipinski definition) is 2. The van der Waals surface area contributed by atoms with E-state index in [9.17, 15) is 0 Å². The van der Waals surface area contributed by atoms with Crippen molar-refractivity contribution < 1.29 is 0 Å². The molecule has 0 aromatic heterocycles. The summed E-state index contributed by atoms with van der Waals surface area (Å²) in [6.45, 7) is 11.5. The third-order valence-corrected chi connectivity index (χ3v) is 11.2. The summed E-state index contributed by atoms with van der Waals surface area (Å²) in [6, 6.07) is 43.9. The SMILES string of the molecule is C=C1/C=C\C=C/N(c2ccccc2-c2ccccc2)c2ccc(C=C/C(=C(\CCC)N(C)c3ccc4c(c3)C(C)(C)C3=C4CC=C3)c3ccccc3)cc21. The van der Waals surface area contributed by atoms with E-state index in [-0.39, 0.29) is 5.41 Å². The first-order valence-corrected chi connectivity index (χ1v) is 19.2. The van der Waals surface area contributed by atoms with Gasteiger partial charge in [-0.1, -0.05) is 161 Å². The molecule has 0 amide bonds. The van der Waals surface area contributed by atoms with Crippen molar-refractivity contribution in [1.29, 1.82) is 0 Å². The molecule has 0 radical (unpaired) electrons. The van der Waals surface area contributed by atoms with E-state index in [0.717, 1.165) is 47.3 Å². The smallest absolute Gasteiger partial charge is 0.0534 e. The van der Waals surface area contributed by atoms with Crippen LogP contribution in [-0.2, 0) is 5.41 Å². The van der Waals surface area contributed by atoms with Gasteiger partial charge in [-0.2, -0.15) is 0 Å². The van der Waals surface area contributed by atoms with Crippen molar-refractivity contribution in [2.45, 2.75) is 45.4 Å². The zero-order valence-electron chi connectivity index (χ0n) is 31.9. The molecule has 2 aliphatic carbocycles. The molecule has 3 aliphatic rings. The van der Waals surface area contributed by atoms with E-state index in [1.807, 2.05) is 0 Å². The second kappa shape index (κ2) is 14.7. The summed E-state index contributed by atoms with van der Waals surface area (Å²) in [5.41, 5.74) is 18.6. The summed E-state index contributed by atoms with van der Waals surface area (Å²) in [4.78, 5) is 4.72. The van der Waals surface area contributed by atoms with Gasteiger partial charge >= 0.3 is 0 Å². The van der Waals surface area contributed by atoms with Gasteiger partial charge in [0.1, 0.15) is 0 Å². The molecule has 2 heteroatoms. The highest BCUT2D eigenvalue weighted by Crippen LogP contribution is 2.51. The fraction of sp³-hybridized carbons (Fsp3) is 0.154. The molecule has 0 saturated carbocycles. The molecule has 5 aromatic carbocycles. The molecule has 0 saturated heterocycles. The summed E-state index contributed by atoms with van der Waals surface area (Å²) >= 11 is 0. The zero-order chi connectivity index (χ0) is 37.2. The minimum atomic E-state index is 0.00382. The number of benzene rings is 5. The Balaban J connectivity index is 1.19. The van der Waals surface area contributed by atoms with E-state index in [4.69, 9.17) is 0 Å². The molecule has 1 aliphatic heterocycles. The summed E-state index contributed by atoms with van der Waals surface area (Å²) in [5.74, 6) is 0. The highest BCUT2D eigenvalue weighted by Gasteiger charge is 2.38. The number of hydrogen-bond donors (Lipinski definition) is 0. The van der Waals surface area contributed by atoms with Crippen molar-refractivity contribution in [3.63, 3.8) is 0 Å². The van der Waals surface area contributed by atoms with Crippen molar-refractivity contribution in [3.05, 3.63) is 210 Å². The largest absolute Gasteiger partial charge is 0.348 e. The van der Waals surface area contributed by atoms with Gasteiger partial charge < -0.3 is 9.80 Å². The van der Waals surface area contributed by atoms with Gasteiger partial charge in [-0.15, -0.1) is 0 Å². The van der Waals surface area contributed by atoms with Crippen molar-refractivity contribution in [3.8, 4) is 11.1 Å². The lowest BCUT2D eigenvalue weighted by molar-refractivity contribution is 0.655. The molecular weight excluding hydrogens is 653 g/mol. The standard InChI is InChI=1S/C52H48N2/c1-6-18-49(53(5)41-30-32-45-44-25-17-26-47(44)52(3,4)48(45)36-41)43(40-22-11-8-12-23-40)31-28-38-29-33-51-46(35-38)37(2)19-15-16-34-54(51)50-27-14-13-24-42(50)39-20-9-7-10-21-39/h7-17,19-24,26-36H,2,6,18,25H2,1,3-5H3/b19-15-,31-28?,34-16-,49-43-. The maximum absolute atomic E-state index is 4.52. The van der Waals surface area contributed by atoms with E-state index in [1.54, 1.807) is 0 Å². The highest BCUT2D eigenvalue weighted by molar-refractivity contribution is 5.92. The van der Waals surface area contributed by atoms with Crippen LogP contribution in [0.5, 0.6) is 0 Å². The van der Waals surface area contributed by atoms with Crippen molar-refractivity contribution >= 4 is 39.9 Å². The maximum atomic E-state index is 4.52. The maximum Gasteiger partial charge on any atom is 0.0534 e. The van der Waals surface area contributed by atoms with E-state index < -0.39 is 0 Å². The number of allylic oxidation sites excluding steroid dienone is 11. The second-order valence-corrected chi connectivity index (χ2v) is 15.0. The van der Waals surface area contributed by atoms with Crippen molar-refractivity contribution in [2.75, 3.05) is 16.8 Å². The molecule has 0 atom stereocenters. The van der Waals surface area contributed by atoms with Gasteiger partial charge in [0, 0.05) is 46.7 Å². The Morgan fingerprint density at radius 1 is 0.778 bits per heavy atom. The average Bonchev–Trinajstić information content (AvgIpc) is 3.78. The van der Waals surface area contributed by atoms with E-state index >= 15 is 0 Å². The second-order valence-electron chi connectivity index (χ2n) is 15.0. The van der Waals surface area contributed by atoms with Gasteiger partial charge in [-0.25, -0.2) is 0 Å². The number of nitrogens with zero attached hydrogens (tertiary/aromatic N) is 2. The molecule has 0 bridgehead atoms. The molecule has 0 fully saturated rings. The third kappa shape index (κ3) is 6.43. The molecule has 2 nitrogen and oxygen atoms in total. The minimum absolute atomic E-state index is 0.00382. The molecule has 0 unspecified atom stereocenters. The predicted molar refractivity (Wildman–Crippen MR) is 234 cm³/mol. The normalized spacial score (nSPS) is 17.1. The van der Waals surface area contributed by atoms with Gasteiger partial charge in [-0.05, 0) is 93.8 Å². The Labute approximate surface area is 321 Å². The highest BCUT2D eigenvalue weighted by atomic mass is 15.1. The third-order valence-electron chi connectivity index (χ3n) is 11.2. The topological polar surface area (TPSA) is 6.48 Å². The fourth-order valence-corrected chi connectivity index (χ4v) is 8.40. The Kier molecular flexibility index (Phi) is 9.52. The van der Waals surface area contributed by atoms with E-state index in [1.165, 1.54) is 55.9 Å². The first-order valence-electron chi connectivity index (χ1n) is 19.2. The van der Waals surface area contributed by atoms with Gasteiger partial charge in [0.15, 0.2) is 0 Å². The van der Waals surface area contributed by atoms with Crippen LogP contribution in [0, 0.1) is 0 Å². The Morgan fingerprint density at radius 3 is 2.31 bits per heavy atom. The van der Waals surface area contributed by atoms with Crippen molar-refractivity contribution in [1.82, 2.24) is 0 Å². The fourth-order valence-electron chi connectivity index (χ4n) is 8.40. The lowest BCUT2D eigenvalue weighted by Crippen LogP contribution is -2.20. The Bertz CT molecular complexity index is 2410. The van der Waals surface area contributed by atoms with E-state index in [2.05, 4.69) is 214 Å². The van der Waals surface area contributed by atoms with Crippen LogP contribution >= 0.6 is 0 Å². The average molecular weight is 701 g/mol. The van der Waals surface area contributed by atoms with Crippen LogP contribution < -0.4 is 9.80 Å². The van der Waals surface area contributed by atoms with Gasteiger partial charge in [-0.3, -0.25) is 0 Å². The number of anilines is 3. The van der Waals surface area contributed by atoms with Crippen LogP contribution in [0.1, 0.15) is 67.9 Å². The molecule has 266 valence electrons. The summed E-state index contributed by atoms with van der Waals surface area (Å²) in [5, 5.41) is 0. The van der Waals surface area contributed by atoms with Crippen LogP contribution in [-0.4, -0.2) is 7.05 Å².